The van der Waals surface area contributed by atoms with Gasteiger partial charge in [-0.3, -0.25) is 4.79 Å². The molecule has 0 saturated carbocycles. The second-order valence-electron chi connectivity index (χ2n) is 4.84. The zero-order valence-corrected chi connectivity index (χ0v) is 11.6. The van der Waals surface area contributed by atoms with Crippen molar-refractivity contribution in [2.45, 2.75) is 20.5 Å². The highest BCUT2D eigenvalue weighted by molar-refractivity contribution is 5.96. The molecule has 0 radical (unpaired) electrons. The Morgan fingerprint density at radius 3 is 2.60 bits per heavy atom. The fourth-order valence-electron chi connectivity index (χ4n) is 1.98. The van der Waals surface area contributed by atoms with Crippen molar-refractivity contribution in [2.75, 3.05) is 5.73 Å². The Hall–Kier alpha value is -2.49. The molecule has 2 aromatic carbocycles. The lowest BCUT2D eigenvalue weighted by atomic mass is 10.1. The van der Waals surface area contributed by atoms with Crippen molar-refractivity contribution in [2.24, 2.45) is 5.73 Å². The van der Waals surface area contributed by atoms with E-state index in [9.17, 15) is 4.79 Å². The van der Waals surface area contributed by atoms with Gasteiger partial charge in [0, 0.05) is 5.69 Å². The largest absolute Gasteiger partial charge is 0.488 e. The van der Waals surface area contributed by atoms with E-state index in [1.807, 2.05) is 19.9 Å². The third-order valence-electron chi connectivity index (χ3n) is 3.16. The van der Waals surface area contributed by atoms with Gasteiger partial charge in [0.05, 0.1) is 5.56 Å². The Morgan fingerprint density at radius 2 is 1.90 bits per heavy atom. The first kappa shape index (κ1) is 13.9. The van der Waals surface area contributed by atoms with Crippen LogP contribution in [0.3, 0.4) is 0 Å². The summed E-state index contributed by atoms with van der Waals surface area (Å²) in [5.74, 6) is -0.0964. The number of nitrogen functional groups attached to an aromatic ring is 1. The number of nitrogens with two attached hydrogens (primary N) is 2. The second kappa shape index (κ2) is 5.65. The van der Waals surface area contributed by atoms with Crippen molar-refractivity contribution in [3.63, 3.8) is 0 Å². The summed E-state index contributed by atoms with van der Waals surface area (Å²) in [5.41, 5.74) is 15.2. The predicted octanol–water partition coefficient (Wildman–Crippen LogP) is 2.56. The third kappa shape index (κ3) is 3.09. The second-order valence-corrected chi connectivity index (χ2v) is 4.84. The molecule has 0 spiro atoms. The molecule has 0 aliphatic rings. The smallest absolute Gasteiger partial charge is 0.252 e. The van der Waals surface area contributed by atoms with Crippen LogP contribution in [0.2, 0.25) is 0 Å². The molecule has 20 heavy (non-hydrogen) atoms. The molecule has 0 aliphatic carbocycles. The average molecular weight is 270 g/mol. The fourth-order valence-corrected chi connectivity index (χ4v) is 1.98. The SMILES string of the molecule is Cc1ccc(C)c(COc2ccc(N)cc2C(N)=O)c1. The van der Waals surface area contributed by atoms with Crippen LogP contribution in [0.15, 0.2) is 36.4 Å². The monoisotopic (exact) mass is 270 g/mol. The number of hydrogen-bond donors (Lipinski definition) is 2. The number of anilines is 1. The molecule has 0 unspecified atom stereocenters. The van der Waals surface area contributed by atoms with Gasteiger partial charge in [-0.05, 0) is 43.2 Å². The van der Waals surface area contributed by atoms with Gasteiger partial charge in [0.1, 0.15) is 12.4 Å². The Labute approximate surface area is 118 Å². The first-order valence-electron chi connectivity index (χ1n) is 6.35. The van der Waals surface area contributed by atoms with E-state index in [0.717, 1.165) is 11.1 Å². The van der Waals surface area contributed by atoms with Crippen LogP contribution in [0.5, 0.6) is 5.75 Å². The average Bonchev–Trinajstić information content (AvgIpc) is 2.40. The Kier molecular flexibility index (Phi) is 3.94. The number of aryl methyl sites for hydroxylation is 2. The molecule has 0 aromatic heterocycles. The van der Waals surface area contributed by atoms with E-state index in [2.05, 4.69) is 12.1 Å². The number of carbonyl (C=O) groups excluding carboxylic acids is 1. The van der Waals surface area contributed by atoms with E-state index in [0.29, 0.717) is 23.6 Å². The maximum absolute atomic E-state index is 11.4. The minimum absolute atomic E-state index is 0.301. The minimum atomic E-state index is -0.548. The molecule has 4 N–H and O–H groups in total. The van der Waals surface area contributed by atoms with Crippen molar-refractivity contribution >= 4 is 11.6 Å². The van der Waals surface area contributed by atoms with E-state index in [4.69, 9.17) is 16.2 Å². The van der Waals surface area contributed by atoms with E-state index in [1.165, 1.54) is 11.6 Å². The number of primary amides is 1. The Balaban J connectivity index is 2.23. The molecular formula is C16H18N2O2. The highest BCUT2D eigenvalue weighted by Crippen LogP contribution is 2.23. The molecule has 0 aliphatic heterocycles. The Morgan fingerprint density at radius 1 is 1.15 bits per heavy atom. The number of rotatable bonds is 4. The number of amides is 1. The van der Waals surface area contributed by atoms with E-state index in [-0.39, 0.29) is 0 Å². The van der Waals surface area contributed by atoms with Crippen LogP contribution in [-0.4, -0.2) is 5.91 Å². The predicted molar refractivity (Wildman–Crippen MR) is 79.6 cm³/mol. The standard InChI is InChI=1S/C16H18N2O2/c1-10-3-4-11(2)12(7-10)9-20-15-6-5-13(17)8-14(15)16(18)19/h3-8H,9,17H2,1-2H3,(H2,18,19). The molecule has 104 valence electrons. The zero-order valence-electron chi connectivity index (χ0n) is 11.6. The van der Waals surface area contributed by atoms with Crippen LogP contribution in [0.4, 0.5) is 5.69 Å². The van der Waals surface area contributed by atoms with Crippen LogP contribution < -0.4 is 16.2 Å². The first-order valence-corrected chi connectivity index (χ1v) is 6.35. The van der Waals surface area contributed by atoms with Crippen molar-refractivity contribution in [3.8, 4) is 5.75 Å². The van der Waals surface area contributed by atoms with Crippen LogP contribution in [0.25, 0.3) is 0 Å². The van der Waals surface area contributed by atoms with Crippen LogP contribution in [0, 0.1) is 13.8 Å². The molecule has 0 heterocycles. The van der Waals surface area contributed by atoms with Crippen LogP contribution in [0.1, 0.15) is 27.0 Å². The number of benzene rings is 2. The molecule has 4 nitrogen and oxygen atoms in total. The molecule has 0 bridgehead atoms. The quantitative estimate of drug-likeness (QED) is 0.838. The minimum Gasteiger partial charge on any atom is -0.488 e. The van der Waals surface area contributed by atoms with Gasteiger partial charge in [0.25, 0.3) is 5.91 Å². The summed E-state index contributed by atoms with van der Waals surface area (Å²) in [6, 6.07) is 11.0. The van der Waals surface area contributed by atoms with Gasteiger partial charge in [0.15, 0.2) is 0 Å². The topological polar surface area (TPSA) is 78.3 Å². The molecule has 0 saturated heterocycles. The van der Waals surface area contributed by atoms with Crippen LogP contribution >= 0.6 is 0 Å². The normalized spacial score (nSPS) is 10.3. The molecule has 2 rings (SSSR count). The summed E-state index contributed by atoms with van der Waals surface area (Å²) < 4.78 is 5.72. The van der Waals surface area contributed by atoms with Gasteiger partial charge in [-0.25, -0.2) is 0 Å². The van der Waals surface area contributed by atoms with Gasteiger partial charge >= 0.3 is 0 Å². The molecule has 4 heteroatoms. The third-order valence-corrected chi connectivity index (χ3v) is 3.16. The maximum atomic E-state index is 11.4. The highest BCUT2D eigenvalue weighted by Gasteiger charge is 2.10. The lowest BCUT2D eigenvalue weighted by molar-refractivity contribution is 0.0996. The zero-order chi connectivity index (χ0) is 14.7. The van der Waals surface area contributed by atoms with Gasteiger partial charge < -0.3 is 16.2 Å². The highest BCUT2D eigenvalue weighted by atomic mass is 16.5. The van der Waals surface area contributed by atoms with Crippen molar-refractivity contribution in [3.05, 3.63) is 58.7 Å². The summed E-state index contributed by atoms with van der Waals surface area (Å²) in [6.45, 7) is 4.44. The summed E-state index contributed by atoms with van der Waals surface area (Å²) in [4.78, 5) is 11.4. The summed E-state index contributed by atoms with van der Waals surface area (Å²) >= 11 is 0. The number of hydrogen-bond acceptors (Lipinski definition) is 3. The van der Waals surface area contributed by atoms with Gasteiger partial charge in [0.2, 0.25) is 0 Å². The molecular weight excluding hydrogens is 252 g/mol. The molecule has 2 aromatic rings. The lowest BCUT2D eigenvalue weighted by Gasteiger charge is -2.12. The Bertz CT molecular complexity index is 651. The lowest BCUT2D eigenvalue weighted by Crippen LogP contribution is -2.13. The first-order chi connectivity index (χ1) is 9.47. The van der Waals surface area contributed by atoms with E-state index in [1.54, 1.807) is 12.1 Å². The van der Waals surface area contributed by atoms with Gasteiger partial charge in [-0.15, -0.1) is 0 Å². The summed E-state index contributed by atoms with van der Waals surface area (Å²) in [6.07, 6.45) is 0. The van der Waals surface area contributed by atoms with Crippen LogP contribution in [-0.2, 0) is 6.61 Å². The van der Waals surface area contributed by atoms with Crippen molar-refractivity contribution < 1.29 is 9.53 Å². The van der Waals surface area contributed by atoms with Crippen molar-refractivity contribution in [1.29, 1.82) is 0 Å². The maximum Gasteiger partial charge on any atom is 0.252 e. The molecule has 1 amide bonds. The fraction of sp³-hybridized carbons (Fsp3) is 0.188. The van der Waals surface area contributed by atoms with Gasteiger partial charge in [-0.1, -0.05) is 23.8 Å². The summed E-state index contributed by atoms with van der Waals surface area (Å²) in [7, 11) is 0. The van der Waals surface area contributed by atoms with Gasteiger partial charge in [-0.2, -0.15) is 0 Å². The van der Waals surface area contributed by atoms with Crippen molar-refractivity contribution in [1.82, 2.24) is 0 Å². The molecule has 0 fully saturated rings. The number of ether oxygens (including phenoxy) is 1. The van der Waals surface area contributed by atoms with E-state index >= 15 is 0 Å². The molecule has 0 atom stereocenters. The number of carbonyl (C=O) groups is 1. The summed E-state index contributed by atoms with van der Waals surface area (Å²) in [5, 5.41) is 0. The van der Waals surface area contributed by atoms with E-state index < -0.39 is 5.91 Å².